The maximum Gasteiger partial charge on any atom is 0.310 e. The second-order valence-corrected chi connectivity index (χ2v) is 10.2. The normalized spacial score (nSPS) is 30.5. The van der Waals surface area contributed by atoms with Crippen LogP contribution >= 0.6 is 0 Å². The maximum absolute atomic E-state index is 14.4. The van der Waals surface area contributed by atoms with Crippen molar-refractivity contribution in [3.63, 3.8) is 0 Å². The Morgan fingerprint density at radius 3 is 2.65 bits per heavy atom. The fraction of sp³-hybridized carbons (Fsp3) is 0.577. The molecule has 0 aliphatic carbocycles. The molecule has 1 spiro atoms. The van der Waals surface area contributed by atoms with Gasteiger partial charge in [0.05, 0.1) is 30.6 Å². The number of fused-ring (bicyclic) bond motifs is 1. The minimum atomic E-state index is -1.22. The Hall–Kier alpha value is -2.71. The molecular formula is C26H34N2O6. The van der Waals surface area contributed by atoms with E-state index >= 15 is 0 Å². The molecule has 4 rings (SSSR count). The Labute approximate surface area is 200 Å². The number of carbonyl (C=O) groups is 3. The zero-order valence-electron chi connectivity index (χ0n) is 20.2. The van der Waals surface area contributed by atoms with Crippen molar-refractivity contribution < 1.29 is 29.3 Å². The summed E-state index contributed by atoms with van der Waals surface area (Å²) in [7, 11) is 0. The maximum atomic E-state index is 14.4. The number of carboxylic acid groups (broad SMARTS) is 1. The molecule has 3 aliphatic rings. The number of nitrogens with zero attached hydrogens (tertiary/aromatic N) is 2. The van der Waals surface area contributed by atoms with Crippen LogP contribution in [-0.2, 0) is 19.1 Å². The SMILES string of the molecule is C=CCN(C(=O)C1N([C@@H](CO)C(C)C)C(=O)[C@@H]2[C@H](C(=O)O)[C@@H]3CCC12O3)c1cc(C)ccc1C. The van der Waals surface area contributed by atoms with Gasteiger partial charge in [0.1, 0.15) is 11.6 Å². The van der Waals surface area contributed by atoms with E-state index in [1.165, 1.54) is 4.90 Å². The third-order valence-electron chi connectivity index (χ3n) is 7.80. The smallest absolute Gasteiger partial charge is 0.310 e. The van der Waals surface area contributed by atoms with Crippen LogP contribution in [0.15, 0.2) is 30.9 Å². The van der Waals surface area contributed by atoms with Gasteiger partial charge in [0.2, 0.25) is 5.91 Å². The molecule has 3 heterocycles. The summed E-state index contributed by atoms with van der Waals surface area (Å²) >= 11 is 0. The molecule has 3 fully saturated rings. The molecule has 8 nitrogen and oxygen atoms in total. The molecule has 6 atom stereocenters. The summed E-state index contributed by atoms with van der Waals surface area (Å²) in [5.74, 6) is -3.93. The molecule has 2 N–H and O–H groups in total. The highest BCUT2D eigenvalue weighted by Gasteiger charge is 2.75. The van der Waals surface area contributed by atoms with Crippen molar-refractivity contribution in [2.45, 2.75) is 64.3 Å². The fourth-order valence-corrected chi connectivity index (χ4v) is 6.22. The van der Waals surface area contributed by atoms with E-state index in [0.717, 1.165) is 11.1 Å². The predicted molar refractivity (Wildman–Crippen MR) is 126 cm³/mol. The monoisotopic (exact) mass is 470 g/mol. The van der Waals surface area contributed by atoms with Crippen LogP contribution in [0.3, 0.4) is 0 Å². The number of ether oxygens (including phenoxy) is 1. The number of aryl methyl sites for hydroxylation is 2. The van der Waals surface area contributed by atoms with E-state index in [1.807, 2.05) is 45.9 Å². The van der Waals surface area contributed by atoms with Crippen LogP contribution in [0.4, 0.5) is 5.69 Å². The van der Waals surface area contributed by atoms with Crippen molar-refractivity contribution in [2.75, 3.05) is 18.1 Å². The van der Waals surface area contributed by atoms with Crippen LogP contribution in [0.5, 0.6) is 0 Å². The number of hydrogen-bond acceptors (Lipinski definition) is 5. The van der Waals surface area contributed by atoms with E-state index in [4.69, 9.17) is 4.74 Å². The Kier molecular flexibility index (Phi) is 6.33. The van der Waals surface area contributed by atoms with Crippen LogP contribution in [0, 0.1) is 31.6 Å². The van der Waals surface area contributed by atoms with Gasteiger partial charge in [-0.1, -0.05) is 32.1 Å². The number of rotatable bonds is 8. The number of carbonyl (C=O) groups excluding carboxylic acids is 2. The fourth-order valence-electron chi connectivity index (χ4n) is 6.22. The number of aliphatic hydroxyl groups is 1. The van der Waals surface area contributed by atoms with Gasteiger partial charge in [-0.3, -0.25) is 14.4 Å². The zero-order chi connectivity index (χ0) is 24.9. The van der Waals surface area contributed by atoms with Crippen LogP contribution in [0.2, 0.25) is 0 Å². The number of carboxylic acids is 1. The highest BCUT2D eigenvalue weighted by atomic mass is 16.5. The molecule has 0 radical (unpaired) electrons. The topological polar surface area (TPSA) is 107 Å². The molecule has 3 saturated heterocycles. The van der Waals surface area contributed by atoms with E-state index in [2.05, 4.69) is 6.58 Å². The average molecular weight is 471 g/mol. The first-order chi connectivity index (χ1) is 16.1. The lowest BCUT2D eigenvalue weighted by Crippen LogP contribution is -2.60. The Morgan fingerprint density at radius 2 is 2.06 bits per heavy atom. The van der Waals surface area contributed by atoms with Crippen molar-refractivity contribution in [3.8, 4) is 0 Å². The Bertz CT molecular complexity index is 1020. The minimum absolute atomic E-state index is 0.145. The highest BCUT2D eigenvalue weighted by molar-refractivity contribution is 6.05. The lowest BCUT2D eigenvalue weighted by molar-refractivity contribution is -0.151. The van der Waals surface area contributed by atoms with Gasteiger partial charge < -0.3 is 24.7 Å². The molecule has 2 bridgehead atoms. The van der Waals surface area contributed by atoms with Gasteiger partial charge in [-0.2, -0.15) is 0 Å². The third kappa shape index (κ3) is 3.46. The first-order valence-electron chi connectivity index (χ1n) is 11.9. The second kappa shape index (κ2) is 8.82. The summed E-state index contributed by atoms with van der Waals surface area (Å²) < 4.78 is 6.29. The first-order valence-corrected chi connectivity index (χ1v) is 11.9. The summed E-state index contributed by atoms with van der Waals surface area (Å²) in [5, 5.41) is 20.2. The molecular weight excluding hydrogens is 436 g/mol. The molecule has 34 heavy (non-hydrogen) atoms. The van der Waals surface area contributed by atoms with Crippen LogP contribution in [-0.4, -0.2) is 69.8 Å². The minimum Gasteiger partial charge on any atom is -0.481 e. The van der Waals surface area contributed by atoms with E-state index in [9.17, 15) is 24.6 Å². The molecule has 1 aromatic carbocycles. The number of aliphatic hydroxyl groups excluding tert-OH is 1. The van der Waals surface area contributed by atoms with Crippen molar-refractivity contribution >= 4 is 23.5 Å². The molecule has 8 heteroatoms. The molecule has 2 amide bonds. The summed E-state index contributed by atoms with van der Waals surface area (Å²) in [5.41, 5.74) is 1.37. The van der Waals surface area contributed by atoms with Gasteiger partial charge in [0.25, 0.3) is 5.91 Å². The summed E-state index contributed by atoms with van der Waals surface area (Å²) in [4.78, 5) is 43.4. The summed E-state index contributed by atoms with van der Waals surface area (Å²) in [6.07, 6.45) is 1.95. The second-order valence-electron chi connectivity index (χ2n) is 10.2. The lowest BCUT2D eigenvalue weighted by Gasteiger charge is -2.40. The molecule has 184 valence electrons. The Morgan fingerprint density at radius 1 is 1.35 bits per heavy atom. The van der Waals surface area contributed by atoms with Crippen LogP contribution < -0.4 is 4.90 Å². The third-order valence-corrected chi connectivity index (χ3v) is 7.80. The molecule has 0 saturated carbocycles. The first kappa shape index (κ1) is 24.4. The van der Waals surface area contributed by atoms with Crippen molar-refractivity contribution in [1.29, 1.82) is 0 Å². The quantitative estimate of drug-likeness (QED) is 0.565. The lowest BCUT2D eigenvalue weighted by atomic mass is 9.70. The van der Waals surface area contributed by atoms with Crippen molar-refractivity contribution in [2.24, 2.45) is 17.8 Å². The van der Waals surface area contributed by atoms with Crippen LogP contribution in [0.1, 0.15) is 37.8 Å². The number of anilines is 1. The van der Waals surface area contributed by atoms with Crippen LogP contribution in [0.25, 0.3) is 0 Å². The van der Waals surface area contributed by atoms with Gasteiger partial charge >= 0.3 is 5.97 Å². The number of likely N-dealkylation sites (tertiary alicyclic amines) is 1. The highest BCUT2D eigenvalue weighted by Crippen LogP contribution is 2.59. The predicted octanol–water partition coefficient (Wildman–Crippen LogP) is 2.30. The van der Waals surface area contributed by atoms with E-state index in [-0.39, 0.29) is 25.0 Å². The van der Waals surface area contributed by atoms with E-state index < -0.39 is 47.5 Å². The van der Waals surface area contributed by atoms with Gasteiger partial charge in [-0.05, 0) is 49.8 Å². The number of benzene rings is 1. The van der Waals surface area contributed by atoms with Gasteiger partial charge in [-0.15, -0.1) is 6.58 Å². The van der Waals surface area contributed by atoms with Crippen molar-refractivity contribution in [1.82, 2.24) is 4.90 Å². The Balaban J connectivity index is 1.87. The van der Waals surface area contributed by atoms with E-state index in [1.54, 1.807) is 11.0 Å². The molecule has 0 aromatic heterocycles. The van der Waals surface area contributed by atoms with Gasteiger partial charge in [0, 0.05) is 12.2 Å². The van der Waals surface area contributed by atoms with Gasteiger partial charge in [0.15, 0.2) is 0 Å². The largest absolute Gasteiger partial charge is 0.481 e. The van der Waals surface area contributed by atoms with Crippen molar-refractivity contribution in [3.05, 3.63) is 42.0 Å². The zero-order valence-corrected chi connectivity index (χ0v) is 20.2. The van der Waals surface area contributed by atoms with Gasteiger partial charge in [-0.25, -0.2) is 0 Å². The summed E-state index contributed by atoms with van der Waals surface area (Å²) in [6, 6.07) is 4.16. The average Bonchev–Trinajstić information content (AvgIpc) is 3.42. The molecule has 2 unspecified atom stereocenters. The standard InChI is InChI=1S/C26H34N2O6/c1-6-11-27(17-12-15(4)7-8-16(17)5)24(31)22-26-10-9-19(34-26)20(25(32)33)21(26)23(30)28(22)18(13-29)14(2)3/h6-8,12,14,18-22,29H,1,9-11,13H2,2-5H3,(H,32,33)/t18-,19-,20+,21-,22?,26?/m0/s1. The molecule has 3 aliphatic heterocycles. The molecule has 1 aromatic rings. The number of aliphatic carboxylic acids is 1. The van der Waals surface area contributed by atoms with E-state index in [0.29, 0.717) is 18.5 Å². The number of hydrogen-bond donors (Lipinski definition) is 2. The number of amides is 2. The summed E-state index contributed by atoms with van der Waals surface area (Å²) in [6.45, 7) is 11.3.